The molecule has 0 radical (unpaired) electrons. The molecule has 0 bridgehead atoms. The van der Waals surface area contributed by atoms with Crippen LogP contribution in [0.4, 0.5) is 8.78 Å². The minimum Gasteiger partial charge on any atom is -0.374 e. The highest BCUT2D eigenvalue weighted by Gasteiger charge is 2.21. The number of hydrogen-bond donors (Lipinski definition) is 0. The van der Waals surface area contributed by atoms with Crippen molar-refractivity contribution < 1.29 is 13.5 Å². The Hall–Kier alpha value is -0.960. The Kier molecular flexibility index (Phi) is 6.62. The number of halogens is 2. The first-order valence-corrected chi connectivity index (χ1v) is 8.13. The molecule has 118 valence electrons. The highest BCUT2D eigenvalue weighted by molar-refractivity contribution is 5.00. The van der Waals surface area contributed by atoms with Gasteiger partial charge in [-0.25, -0.2) is 0 Å². The van der Waals surface area contributed by atoms with E-state index < -0.39 is 6.08 Å². The summed E-state index contributed by atoms with van der Waals surface area (Å²) in [5.41, 5.74) is 0. The average molecular weight is 296 g/mol. The van der Waals surface area contributed by atoms with Gasteiger partial charge in [-0.05, 0) is 63.4 Å². The van der Waals surface area contributed by atoms with Gasteiger partial charge in [0.1, 0.15) is 0 Å². The van der Waals surface area contributed by atoms with E-state index in [1.807, 2.05) is 0 Å². The monoisotopic (exact) mass is 296 g/mol. The smallest absolute Gasteiger partial charge is 0.266 e. The van der Waals surface area contributed by atoms with Gasteiger partial charge in [-0.15, -0.1) is 0 Å². The van der Waals surface area contributed by atoms with Crippen LogP contribution in [0.3, 0.4) is 0 Å². The lowest BCUT2D eigenvalue weighted by molar-refractivity contribution is 0.0231. The third kappa shape index (κ3) is 5.74. The number of hydrogen-bond acceptors (Lipinski definition) is 1. The molecule has 1 saturated heterocycles. The van der Waals surface area contributed by atoms with Crippen molar-refractivity contribution >= 4 is 0 Å². The van der Waals surface area contributed by atoms with Crippen molar-refractivity contribution in [2.24, 2.45) is 17.8 Å². The fraction of sp³-hybridized carbons (Fsp3) is 0.667. The standard InChI is InChI=1S/C18H26F2O/c1-2-3-14-4-6-15(7-5-14)8-10-17-11-9-16(13-21-17)12-18(19)20/h2-3,8,10,12,14-17H,4-7,9,11,13H2,1H3. The van der Waals surface area contributed by atoms with Gasteiger partial charge in [0.05, 0.1) is 12.7 Å². The molecule has 0 spiro atoms. The zero-order valence-corrected chi connectivity index (χ0v) is 12.8. The molecule has 21 heavy (non-hydrogen) atoms. The highest BCUT2D eigenvalue weighted by Crippen LogP contribution is 2.31. The van der Waals surface area contributed by atoms with Gasteiger partial charge in [0.2, 0.25) is 0 Å². The maximum Gasteiger partial charge on any atom is 0.266 e. The van der Waals surface area contributed by atoms with Crippen LogP contribution in [0.25, 0.3) is 0 Å². The maximum absolute atomic E-state index is 12.2. The van der Waals surface area contributed by atoms with Crippen LogP contribution in [0.15, 0.2) is 36.5 Å². The van der Waals surface area contributed by atoms with E-state index >= 15 is 0 Å². The van der Waals surface area contributed by atoms with E-state index in [0.717, 1.165) is 24.8 Å². The maximum atomic E-state index is 12.2. The van der Waals surface area contributed by atoms with Crippen molar-refractivity contribution in [2.75, 3.05) is 6.61 Å². The molecule has 2 aliphatic rings. The van der Waals surface area contributed by atoms with Crippen LogP contribution in [-0.4, -0.2) is 12.7 Å². The quantitative estimate of drug-likeness (QED) is 0.622. The normalized spacial score (nSPS) is 34.4. The molecule has 2 unspecified atom stereocenters. The minimum absolute atomic E-state index is 0.115. The average Bonchev–Trinajstić information content (AvgIpc) is 2.48. The van der Waals surface area contributed by atoms with Gasteiger partial charge < -0.3 is 4.74 Å². The summed E-state index contributed by atoms with van der Waals surface area (Å²) >= 11 is 0. The van der Waals surface area contributed by atoms with Gasteiger partial charge in [-0.2, -0.15) is 8.78 Å². The molecule has 2 rings (SSSR count). The van der Waals surface area contributed by atoms with Crippen LogP contribution in [-0.2, 0) is 4.74 Å². The molecule has 1 aliphatic heterocycles. The van der Waals surface area contributed by atoms with Crippen molar-refractivity contribution in [2.45, 2.75) is 51.6 Å². The Labute approximate surface area is 126 Å². The van der Waals surface area contributed by atoms with Crippen molar-refractivity contribution in [1.82, 2.24) is 0 Å². The Morgan fingerprint density at radius 2 is 1.48 bits per heavy atom. The first kappa shape index (κ1) is 16.4. The predicted octanol–water partition coefficient (Wildman–Crippen LogP) is 5.50. The third-order valence-corrected chi connectivity index (χ3v) is 4.59. The third-order valence-electron chi connectivity index (χ3n) is 4.59. The largest absolute Gasteiger partial charge is 0.374 e. The lowest BCUT2D eigenvalue weighted by atomic mass is 9.81. The Bertz CT molecular complexity index is 380. The van der Waals surface area contributed by atoms with Crippen LogP contribution >= 0.6 is 0 Å². The molecule has 0 aromatic heterocycles. The lowest BCUT2D eigenvalue weighted by Crippen LogP contribution is -2.23. The molecule has 0 amide bonds. The van der Waals surface area contributed by atoms with Gasteiger partial charge in [0.25, 0.3) is 6.08 Å². The van der Waals surface area contributed by atoms with E-state index in [9.17, 15) is 8.78 Å². The summed E-state index contributed by atoms with van der Waals surface area (Å²) in [6.07, 6.45) is 15.2. The van der Waals surface area contributed by atoms with Crippen molar-refractivity contribution in [1.29, 1.82) is 0 Å². The molecule has 1 saturated carbocycles. The Morgan fingerprint density at radius 3 is 2.00 bits per heavy atom. The zero-order valence-electron chi connectivity index (χ0n) is 12.8. The van der Waals surface area contributed by atoms with Crippen molar-refractivity contribution in [3.05, 3.63) is 36.5 Å². The molecule has 1 nitrogen and oxygen atoms in total. The Balaban J connectivity index is 1.70. The predicted molar refractivity (Wildman–Crippen MR) is 82.2 cm³/mol. The van der Waals surface area contributed by atoms with E-state index in [4.69, 9.17) is 4.74 Å². The van der Waals surface area contributed by atoms with E-state index in [1.54, 1.807) is 0 Å². The summed E-state index contributed by atoms with van der Waals surface area (Å²) in [6, 6.07) is 0. The second kappa shape index (κ2) is 8.47. The summed E-state index contributed by atoms with van der Waals surface area (Å²) in [6.45, 7) is 2.50. The SMILES string of the molecule is CC=CC1CCC(C=CC2CCC(C=C(F)F)CO2)CC1. The minimum atomic E-state index is -1.59. The summed E-state index contributed by atoms with van der Waals surface area (Å²) < 4.78 is 30.0. The summed E-state index contributed by atoms with van der Waals surface area (Å²) in [7, 11) is 0. The number of ether oxygens (including phenoxy) is 1. The highest BCUT2D eigenvalue weighted by atomic mass is 19.3. The summed E-state index contributed by atoms with van der Waals surface area (Å²) in [5, 5.41) is 0. The second-order valence-corrected chi connectivity index (χ2v) is 6.25. The van der Waals surface area contributed by atoms with Gasteiger partial charge in [-0.1, -0.05) is 24.3 Å². The van der Waals surface area contributed by atoms with E-state index in [-0.39, 0.29) is 12.0 Å². The van der Waals surface area contributed by atoms with E-state index in [0.29, 0.717) is 12.5 Å². The second-order valence-electron chi connectivity index (χ2n) is 6.25. The van der Waals surface area contributed by atoms with Gasteiger partial charge in [0, 0.05) is 5.92 Å². The summed E-state index contributed by atoms with van der Waals surface area (Å²) in [5.74, 6) is 1.31. The fourth-order valence-electron chi connectivity index (χ4n) is 3.34. The fourth-order valence-corrected chi connectivity index (χ4v) is 3.34. The molecule has 1 heterocycles. The first-order valence-electron chi connectivity index (χ1n) is 8.13. The molecule has 2 atom stereocenters. The molecule has 2 fully saturated rings. The first-order chi connectivity index (χ1) is 10.2. The molecule has 3 heteroatoms. The Morgan fingerprint density at radius 1 is 0.857 bits per heavy atom. The number of rotatable bonds is 4. The number of allylic oxidation sites excluding steroid dienone is 3. The molecular formula is C18H26F2O. The van der Waals surface area contributed by atoms with E-state index in [2.05, 4.69) is 31.2 Å². The van der Waals surface area contributed by atoms with Gasteiger partial charge in [0.15, 0.2) is 0 Å². The van der Waals surface area contributed by atoms with Gasteiger partial charge >= 0.3 is 0 Å². The van der Waals surface area contributed by atoms with Crippen LogP contribution in [0.2, 0.25) is 0 Å². The van der Waals surface area contributed by atoms with E-state index in [1.165, 1.54) is 25.7 Å². The molecule has 0 aromatic carbocycles. The molecule has 0 N–H and O–H groups in total. The summed E-state index contributed by atoms with van der Waals surface area (Å²) in [4.78, 5) is 0. The van der Waals surface area contributed by atoms with Crippen LogP contribution in [0.5, 0.6) is 0 Å². The molecular weight excluding hydrogens is 270 g/mol. The van der Waals surface area contributed by atoms with Crippen LogP contribution in [0.1, 0.15) is 45.4 Å². The van der Waals surface area contributed by atoms with Crippen molar-refractivity contribution in [3.63, 3.8) is 0 Å². The van der Waals surface area contributed by atoms with Gasteiger partial charge in [-0.3, -0.25) is 0 Å². The van der Waals surface area contributed by atoms with Crippen LogP contribution in [0, 0.1) is 17.8 Å². The molecule has 0 aromatic rings. The topological polar surface area (TPSA) is 9.23 Å². The van der Waals surface area contributed by atoms with Crippen molar-refractivity contribution in [3.8, 4) is 0 Å². The molecule has 1 aliphatic carbocycles. The van der Waals surface area contributed by atoms with Crippen LogP contribution < -0.4 is 0 Å². The lowest BCUT2D eigenvalue weighted by Gasteiger charge is -2.27. The zero-order chi connectivity index (χ0) is 15.1.